The summed E-state index contributed by atoms with van der Waals surface area (Å²) in [7, 11) is 5.70. The average molecular weight is 527 g/mol. The van der Waals surface area contributed by atoms with Crippen molar-refractivity contribution in [2.75, 3.05) is 42.8 Å². The number of aromatic nitrogens is 4. The van der Waals surface area contributed by atoms with E-state index in [9.17, 15) is 4.79 Å². The number of benzene rings is 2. The number of aryl methyl sites for hydroxylation is 1. The summed E-state index contributed by atoms with van der Waals surface area (Å²) >= 11 is 0. The van der Waals surface area contributed by atoms with Crippen LogP contribution in [0.2, 0.25) is 0 Å². The van der Waals surface area contributed by atoms with E-state index in [4.69, 9.17) is 4.74 Å². The van der Waals surface area contributed by atoms with Gasteiger partial charge < -0.3 is 20.3 Å². The van der Waals surface area contributed by atoms with E-state index < -0.39 is 0 Å². The van der Waals surface area contributed by atoms with Crippen molar-refractivity contribution < 1.29 is 9.53 Å². The minimum Gasteiger partial charge on any atom is -0.494 e. The predicted octanol–water partition coefficient (Wildman–Crippen LogP) is 4.44. The van der Waals surface area contributed by atoms with Crippen molar-refractivity contribution in [1.82, 2.24) is 24.6 Å². The van der Waals surface area contributed by atoms with Crippen LogP contribution >= 0.6 is 0 Å². The van der Waals surface area contributed by atoms with E-state index in [0.29, 0.717) is 35.0 Å². The van der Waals surface area contributed by atoms with Gasteiger partial charge in [0.1, 0.15) is 17.9 Å². The van der Waals surface area contributed by atoms with Gasteiger partial charge in [0, 0.05) is 55.3 Å². The maximum Gasteiger partial charge on any atom is 0.247 e. The number of nitrogens with zero attached hydrogens (tertiary/aromatic N) is 6. The molecule has 0 radical (unpaired) electrons. The van der Waals surface area contributed by atoms with E-state index >= 15 is 0 Å². The first-order valence-electron chi connectivity index (χ1n) is 12.9. The lowest BCUT2D eigenvalue weighted by atomic mass is 10.1. The van der Waals surface area contributed by atoms with Crippen molar-refractivity contribution in [1.29, 1.82) is 0 Å². The highest BCUT2D eigenvalue weighted by atomic mass is 16.5. The third-order valence-corrected chi connectivity index (χ3v) is 7.43. The van der Waals surface area contributed by atoms with Gasteiger partial charge in [-0.3, -0.25) is 14.4 Å². The Hall–Kier alpha value is -4.44. The summed E-state index contributed by atoms with van der Waals surface area (Å²) in [6.07, 6.45) is 4.64. The SMILES string of the molecule is C=CC(=O)Nc1cc(Nc2cc(-c3ccc4c(cnn4C)c3)ncn2)c(OC)cc1N1CC(C)N(C)C(C)C1. The van der Waals surface area contributed by atoms with E-state index in [1.807, 2.05) is 48.3 Å². The molecule has 39 heavy (non-hydrogen) atoms. The Labute approximate surface area is 228 Å². The number of piperazine rings is 1. The zero-order chi connectivity index (χ0) is 27.7. The van der Waals surface area contributed by atoms with Gasteiger partial charge in [-0.15, -0.1) is 0 Å². The van der Waals surface area contributed by atoms with Crippen LogP contribution in [0, 0.1) is 0 Å². The van der Waals surface area contributed by atoms with Crippen LogP contribution in [0.4, 0.5) is 22.9 Å². The Morgan fingerprint density at radius 1 is 1.08 bits per heavy atom. The topological polar surface area (TPSA) is 100 Å². The number of amides is 1. The van der Waals surface area contributed by atoms with Crippen LogP contribution in [-0.2, 0) is 11.8 Å². The molecule has 1 saturated heterocycles. The minimum absolute atomic E-state index is 0.280. The van der Waals surface area contributed by atoms with Crippen molar-refractivity contribution in [2.45, 2.75) is 25.9 Å². The highest BCUT2D eigenvalue weighted by Crippen LogP contribution is 2.39. The molecule has 2 aromatic heterocycles. The molecule has 10 nitrogen and oxygen atoms in total. The van der Waals surface area contributed by atoms with Crippen molar-refractivity contribution in [3.63, 3.8) is 0 Å². The van der Waals surface area contributed by atoms with Gasteiger partial charge >= 0.3 is 0 Å². The highest BCUT2D eigenvalue weighted by Gasteiger charge is 2.29. The summed E-state index contributed by atoms with van der Waals surface area (Å²) in [4.78, 5) is 26.0. The number of ether oxygens (including phenoxy) is 1. The third-order valence-electron chi connectivity index (χ3n) is 7.43. The second-order valence-corrected chi connectivity index (χ2v) is 9.99. The van der Waals surface area contributed by atoms with Crippen LogP contribution in [0.3, 0.4) is 0 Å². The molecular formula is C29H34N8O2. The van der Waals surface area contributed by atoms with Crippen LogP contribution < -0.4 is 20.3 Å². The van der Waals surface area contributed by atoms with Crippen molar-refractivity contribution in [3.8, 4) is 17.0 Å². The number of likely N-dealkylation sites (N-methyl/N-ethyl adjacent to an activating group) is 1. The Morgan fingerprint density at radius 3 is 2.56 bits per heavy atom. The van der Waals surface area contributed by atoms with E-state index in [2.05, 4.69) is 69.0 Å². The first kappa shape index (κ1) is 26.2. The lowest BCUT2D eigenvalue weighted by Gasteiger charge is -2.44. The Balaban J connectivity index is 1.49. The minimum atomic E-state index is -0.280. The van der Waals surface area contributed by atoms with Crippen LogP contribution in [0.15, 0.2) is 61.6 Å². The number of methoxy groups -OCH3 is 1. The van der Waals surface area contributed by atoms with Crippen molar-refractivity contribution >= 4 is 39.7 Å². The van der Waals surface area contributed by atoms with Gasteiger partial charge in [0.15, 0.2) is 0 Å². The summed E-state index contributed by atoms with van der Waals surface area (Å²) in [6, 6.07) is 12.5. The molecule has 10 heteroatoms. The molecule has 0 spiro atoms. The van der Waals surface area contributed by atoms with Crippen LogP contribution in [0.25, 0.3) is 22.2 Å². The Kier molecular flexibility index (Phi) is 7.21. The van der Waals surface area contributed by atoms with Gasteiger partial charge in [-0.2, -0.15) is 5.10 Å². The van der Waals surface area contributed by atoms with Gasteiger partial charge in [-0.1, -0.05) is 12.6 Å². The molecular weight excluding hydrogens is 492 g/mol. The fourth-order valence-corrected chi connectivity index (χ4v) is 5.03. The largest absolute Gasteiger partial charge is 0.494 e. The molecule has 2 aromatic carbocycles. The lowest BCUT2D eigenvalue weighted by molar-refractivity contribution is -0.111. The molecule has 1 amide bonds. The van der Waals surface area contributed by atoms with E-state index in [1.54, 1.807) is 7.11 Å². The number of carbonyl (C=O) groups excluding carboxylic acids is 1. The molecule has 2 atom stereocenters. The number of nitrogens with one attached hydrogen (secondary N) is 2. The number of carbonyl (C=O) groups is 1. The average Bonchev–Trinajstić information content (AvgIpc) is 3.31. The van der Waals surface area contributed by atoms with Crippen LogP contribution in [0.5, 0.6) is 5.75 Å². The van der Waals surface area contributed by atoms with Crippen molar-refractivity contribution in [3.05, 3.63) is 61.6 Å². The Morgan fingerprint density at radius 2 is 1.85 bits per heavy atom. The fourth-order valence-electron chi connectivity index (χ4n) is 5.03. The molecule has 1 aliphatic rings. The van der Waals surface area contributed by atoms with Crippen molar-refractivity contribution in [2.24, 2.45) is 7.05 Å². The molecule has 3 heterocycles. The number of hydrogen-bond acceptors (Lipinski definition) is 8. The first-order chi connectivity index (χ1) is 18.8. The summed E-state index contributed by atoms with van der Waals surface area (Å²) in [6.45, 7) is 9.68. The number of anilines is 4. The molecule has 1 fully saturated rings. The zero-order valence-electron chi connectivity index (χ0n) is 23.0. The molecule has 2 unspecified atom stereocenters. The number of rotatable bonds is 7. The molecule has 0 saturated carbocycles. The van der Waals surface area contributed by atoms with Gasteiger partial charge in [-0.05, 0) is 45.2 Å². The normalized spacial score (nSPS) is 17.7. The Bertz CT molecular complexity index is 1520. The van der Waals surface area contributed by atoms with Gasteiger partial charge in [0.05, 0.1) is 41.6 Å². The first-order valence-corrected chi connectivity index (χ1v) is 12.9. The standard InChI is InChI=1S/C29H34N8O2/c1-7-29(38)34-23-11-24(27(39-6)13-26(23)37-15-18(2)35(4)19(3)16-37)33-28-12-22(30-17-31-28)20-8-9-25-21(10-20)14-32-36(25)5/h7-14,17-19H,1,15-16H2,2-6H3,(H,34,38)(H,30,31,33). The van der Waals surface area contributed by atoms with Crippen LogP contribution in [-0.4, -0.2) is 69.9 Å². The highest BCUT2D eigenvalue weighted by molar-refractivity contribution is 6.02. The molecule has 0 bridgehead atoms. The summed E-state index contributed by atoms with van der Waals surface area (Å²) in [5, 5.41) is 11.7. The maximum absolute atomic E-state index is 12.4. The number of fused-ring (bicyclic) bond motifs is 1. The molecule has 202 valence electrons. The van der Waals surface area contributed by atoms with E-state index in [1.165, 1.54) is 12.4 Å². The molecule has 0 aliphatic carbocycles. The van der Waals surface area contributed by atoms with E-state index in [-0.39, 0.29) is 5.91 Å². The monoisotopic (exact) mass is 526 g/mol. The predicted molar refractivity (Wildman–Crippen MR) is 156 cm³/mol. The van der Waals surface area contributed by atoms with Gasteiger partial charge in [-0.25, -0.2) is 9.97 Å². The fraction of sp³-hybridized carbons (Fsp3) is 0.310. The lowest BCUT2D eigenvalue weighted by Crippen LogP contribution is -2.55. The van der Waals surface area contributed by atoms with Crippen LogP contribution in [0.1, 0.15) is 13.8 Å². The summed E-state index contributed by atoms with van der Waals surface area (Å²) in [5.41, 5.74) is 5.02. The summed E-state index contributed by atoms with van der Waals surface area (Å²) in [5.74, 6) is 0.954. The molecule has 4 aromatic rings. The van der Waals surface area contributed by atoms with Gasteiger partial charge in [0.2, 0.25) is 5.91 Å². The van der Waals surface area contributed by atoms with E-state index in [0.717, 1.165) is 40.9 Å². The second kappa shape index (κ2) is 10.7. The maximum atomic E-state index is 12.4. The smallest absolute Gasteiger partial charge is 0.247 e. The third kappa shape index (κ3) is 5.28. The van der Waals surface area contributed by atoms with Gasteiger partial charge in [0.25, 0.3) is 0 Å². The molecule has 1 aliphatic heterocycles. The quantitative estimate of drug-likeness (QED) is 0.341. The molecule has 5 rings (SSSR count). The number of hydrogen-bond donors (Lipinski definition) is 2. The summed E-state index contributed by atoms with van der Waals surface area (Å²) < 4.78 is 7.63. The molecule has 2 N–H and O–H groups in total. The zero-order valence-corrected chi connectivity index (χ0v) is 23.0. The second-order valence-electron chi connectivity index (χ2n) is 9.99.